The lowest BCUT2D eigenvalue weighted by Crippen LogP contribution is -3.16. The first kappa shape index (κ1) is 24.1. The number of quaternary nitrogens is 1. The summed E-state index contributed by atoms with van der Waals surface area (Å²) < 4.78 is 0. The molecule has 1 aliphatic rings. The molecule has 0 bridgehead atoms. The van der Waals surface area contributed by atoms with Crippen LogP contribution in [0, 0.1) is 0 Å². The Morgan fingerprint density at radius 1 is 1.17 bits per heavy atom. The average Bonchev–Trinajstić information content (AvgIpc) is 2.67. The van der Waals surface area contributed by atoms with Crippen LogP contribution < -0.4 is 15.5 Å². The number of carbonyl (C=O) groups is 2. The van der Waals surface area contributed by atoms with E-state index >= 15 is 0 Å². The number of rotatable bonds is 6. The minimum absolute atomic E-state index is 0.0559. The van der Waals surface area contributed by atoms with Crippen LogP contribution in [0.3, 0.4) is 0 Å². The molecule has 1 heterocycles. The molecule has 0 saturated carbocycles. The van der Waals surface area contributed by atoms with Gasteiger partial charge in [-0.1, -0.05) is 19.1 Å². The van der Waals surface area contributed by atoms with E-state index in [1.165, 1.54) is 10.5 Å². The van der Waals surface area contributed by atoms with Crippen LogP contribution in [-0.2, 0) is 16.0 Å². The Kier molecular flexibility index (Phi) is 8.61. The average molecular weight is 435 g/mol. The molecular weight excluding hydrogens is 398 g/mol. The molecule has 2 rings (SSSR count). The Morgan fingerprint density at radius 2 is 1.77 bits per heavy atom. The van der Waals surface area contributed by atoms with Gasteiger partial charge in [-0.3, -0.25) is 9.59 Å². The van der Waals surface area contributed by atoms with Crippen LogP contribution in [0.2, 0.25) is 0 Å². The van der Waals surface area contributed by atoms with Crippen LogP contribution in [0.1, 0.15) is 33.3 Å². The summed E-state index contributed by atoms with van der Waals surface area (Å²) in [6.45, 7) is 11.6. The Hall–Kier alpha value is -2.19. The first-order valence-corrected chi connectivity index (χ1v) is 11.0. The maximum atomic E-state index is 12.7. The van der Waals surface area contributed by atoms with Gasteiger partial charge in [-0.2, -0.15) is 0 Å². The van der Waals surface area contributed by atoms with E-state index in [2.05, 4.69) is 29.7 Å². The normalized spacial score (nSPS) is 14.9. The van der Waals surface area contributed by atoms with Crippen molar-refractivity contribution in [1.82, 2.24) is 15.1 Å². The number of piperazine rings is 1. The molecule has 1 fully saturated rings. The lowest BCUT2D eigenvalue weighted by Gasteiger charge is -2.33. The van der Waals surface area contributed by atoms with Crippen molar-refractivity contribution < 1.29 is 14.5 Å². The summed E-state index contributed by atoms with van der Waals surface area (Å²) in [6, 6.07) is 8.14. The highest BCUT2D eigenvalue weighted by Crippen LogP contribution is 2.10. The van der Waals surface area contributed by atoms with Gasteiger partial charge in [0.2, 0.25) is 5.91 Å². The summed E-state index contributed by atoms with van der Waals surface area (Å²) in [4.78, 5) is 29.6. The van der Waals surface area contributed by atoms with Crippen molar-refractivity contribution in [2.24, 2.45) is 0 Å². The van der Waals surface area contributed by atoms with Crippen LogP contribution >= 0.6 is 12.2 Å². The first-order chi connectivity index (χ1) is 14.1. The molecule has 30 heavy (non-hydrogen) atoms. The van der Waals surface area contributed by atoms with Crippen molar-refractivity contribution >= 4 is 34.8 Å². The fourth-order valence-corrected chi connectivity index (χ4v) is 3.54. The summed E-state index contributed by atoms with van der Waals surface area (Å²) in [5, 5.41) is 6.71. The molecule has 1 aliphatic heterocycles. The zero-order valence-electron chi connectivity index (χ0n) is 18.9. The second-order valence-electron chi connectivity index (χ2n) is 8.94. The van der Waals surface area contributed by atoms with Gasteiger partial charge in [0.1, 0.15) is 0 Å². The van der Waals surface area contributed by atoms with Crippen molar-refractivity contribution in [3.8, 4) is 0 Å². The van der Waals surface area contributed by atoms with Crippen LogP contribution in [0.5, 0.6) is 0 Å². The highest BCUT2D eigenvalue weighted by Gasteiger charge is 2.27. The maximum Gasteiger partial charge on any atom is 0.275 e. The quantitative estimate of drug-likeness (QED) is 0.570. The second-order valence-corrected chi connectivity index (χ2v) is 9.33. The zero-order valence-corrected chi connectivity index (χ0v) is 19.7. The van der Waals surface area contributed by atoms with E-state index in [0.29, 0.717) is 24.7 Å². The highest BCUT2D eigenvalue weighted by atomic mass is 32.1. The van der Waals surface area contributed by atoms with E-state index in [9.17, 15) is 9.59 Å². The van der Waals surface area contributed by atoms with Gasteiger partial charge in [0.15, 0.2) is 11.7 Å². The maximum absolute atomic E-state index is 12.7. The third-order valence-corrected chi connectivity index (χ3v) is 5.49. The molecule has 1 saturated heterocycles. The number of benzene rings is 1. The van der Waals surface area contributed by atoms with Gasteiger partial charge in [0.05, 0.1) is 32.7 Å². The number of nitrogens with zero attached hydrogens (tertiary/aromatic N) is 2. The number of aryl methyl sites for hydroxylation is 1. The standard InChI is InChI=1S/C22H35N5O2S/c1-6-17-7-9-18(10-8-17)23-21(30)25(5)16-20(29)27-13-11-26(12-14-27)15-19(28)24-22(2,3)4/h7-10H,6,11-16H2,1-5H3,(H,23,30)(H,24,28)/p+1. The monoisotopic (exact) mass is 434 g/mol. The molecule has 0 aliphatic carbocycles. The molecule has 3 N–H and O–H groups in total. The number of anilines is 1. The number of hydrogen-bond donors (Lipinski definition) is 3. The van der Waals surface area contributed by atoms with Gasteiger partial charge >= 0.3 is 0 Å². The smallest absolute Gasteiger partial charge is 0.275 e. The number of nitrogens with one attached hydrogen (secondary N) is 3. The van der Waals surface area contributed by atoms with Crippen molar-refractivity contribution in [3.05, 3.63) is 29.8 Å². The van der Waals surface area contributed by atoms with Crippen molar-refractivity contribution in [2.45, 2.75) is 39.7 Å². The van der Waals surface area contributed by atoms with E-state index in [-0.39, 0.29) is 23.9 Å². The van der Waals surface area contributed by atoms with E-state index in [1.807, 2.05) is 44.9 Å². The Bertz CT molecular complexity index is 737. The lowest BCUT2D eigenvalue weighted by atomic mass is 10.1. The fraction of sp³-hybridized carbons (Fsp3) is 0.591. The largest absolute Gasteiger partial charge is 0.347 e. The number of carbonyl (C=O) groups excluding carboxylic acids is 2. The second kappa shape index (κ2) is 10.7. The van der Waals surface area contributed by atoms with E-state index < -0.39 is 0 Å². The molecule has 2 amide bonds. The highest BCUT2D eigenvalue weighted by molar-refractivity contribution is 7.80. The van der Waals surface area contributed by atoms with Crippen LogP contribution in [0.25, 0.3) is 0 Å². The van der Waals surface area contributed by atoms with Gasteiger partial charge in [-0.15, -0.1) is 0 Å². The van der Waals surface area contributed by atoms with Crippen LogP contribution in [0.4, 0.5) is 5.69 Å². The van der Waals surface area contributed by atoms with Gasteiger partial charge in [0, 0.05) is 18.3 Å². The summed E-state index contributed by atoms with van der Waals surface area (Å²) in [5.74, 6) is 0.113. The molecular formula is C22H36N5O2S+. The molecule has 0 radical (unpaired) electrons. The Morgan fingerprint density at radius 3 is 2.30 bits per heavy atom. The number of likely N-dealkylation sites (N-methyl/N-ethyl adjacent to an activating group) is 1. The van der Waals surface area contributed by atoms with Gasteiger partial charge < -0.3 is 25.3 Å². The molecule has 0 unspecified atom stereocenters. The minimum Gasteiger partial charge on any atom is -0.347 e. The number of hydrogen-bond acceptors (Lipinski definition) is 3. The molecule has 1 aromatic rings. The molecule has 8 heteroatoms. The lowest BCUT2D eigenvalue weighted by molar-refractivity contribution is -0.896. The molecule has 166 valence electrons. The van der Waals surface area contributed by atoms with Crippen molar-refractivity contribution in [1.29, 1.82) is 0 Å². The Labute approximate surface area is 185 Å². The van der Waals surface area contributed by atoms with Gasteiger partial charge in [-0.25, -0.2) is 0 Å². The summed E-state index contributed by atoms with van der Waals surface area (Å²) in [6.07, 6.45) is 0.995. The SMILES string of the molecule is CCc1ccc(NC(=S)N(C)CC(=O)N2CC[NH+](CC(=O)NC(C)(C)C)CC2)cc1. The first-order valence-electron chi connectivity index (χ1n) is 10.6. The Balaban J connectivity index is 1.75. The van der Waals surface area contributed by atoms with Crippen molar-refractivity contribution in [3.63, 3.8) is 0 Å². The van der Waals surface area contributed by atoms with E-state index in [0.717, 1.165) is 25.2 Å². The summed E-state index contributed by atoms with van der Waals surface area (Å²) in [5.41, 5.74) is 1.97. The summed E-state index contributed by atoms with van der Waals surface area (Å²) >= 11 is 5.44. The third kappa shape index (κ3) is 7.91. The number of amides is 2. The van der Waals surface area contributed by atoms with Gasteiger partial charge in [0.25, 0.3) is 5.91 Å². The van der Waals surface area contributed by atoms with E-state index in [4.69, 9.17) is 12.2 Å². The minimum atomic E-state index is -0.219. The molecule has 0 aromatic heterocycles. The molecule has 1 aromatic carbocycles. The number of thiocarbonyl (C=S) groups is 1. The predicted octanol–water partition coefficient (Wildman–Crippen LogP) is 0.519. The molecule has 0 spiro atoms. The topological polar surface area (TPSA) is 69.1 Å². The van der Waals surface area contributed by atoms with E-state index in [1.54, 1.807) is 4.90 Å². The van der Waals surface area contributed by atoms with Crippen LogP contribution in [-0.4, -0.2) is 78.6 Å². The fourth-order valence-electron chi connectivity index (χ4n) is 3.36. The molecule has 0 atom stereocenters. The zero-order chi connectivity index (χ0) is 22.3. The van der Waals surface area contributed by atoms with Gasteiger partial charge in [-0.05, 0) is 57.1 Å². The van der Waals surface area contributed by atoms with Crippen molar-refractivity contribution in [2.75, 3.05) is 51.6 Å². The van der Waals surface area contributed by atoms with Crippen LogP contribution in [0.15, 0.2) is 24.3 Å². The predicted molar refractivity (Wildman–Crippen MR) is 125 cm³/mol. The third-order valence-electron chi connectivity index (χ3n) is 5.08. The summed E-state index contributed by atoms with van der Waals surface area (Å²) in [7, 11) is 1.83. The molecule has 7 nitrogen and oxygen atoms in total.